The normalized spacial score (nSPS) is 13.7. The number of hydrogen-bond donors (Lipinski definition) is 1. The van der Waals surface area contributed by atoms with Crippen molar-refractivity contribution in [2.75, 3.05) is 17.3 Å². The van der Waals surface area contributed by atoms with Crippen LogP contribution in [0, 0.1) is 0 Å². The first-order chi connectivity index (χ1) is 7.42. The van der Waals surface area contributed by atoms with Gasteiger partial charge in [-0.15, -0.1) is 0 Å². The Kier molecular flexibility index (Phi) is 4.35. The summed E-state index contributed by atoms with van der Waals surface area (Å²) in [6.07, 6.45) is 3.95. The van der Waals surface area contributed by atoms with Gasteiger partial charge in [0.1, 0.15) is 15.7 Å². The zero-order valence-electron chi connectivity index (χ0n) is 9.97. The van der Waals surface area contributed by atoms with Crippen molar-refractivity contribution in [2.45, 2.75) is 32.9 Å². The number of sulfone groups is 1. The molecule has 92 valence electrons. The molecule has 1 rings (SSSR count). The zero-order chi connectivity index (χ0) is 12.2. The van der Waals surface area contributed by atoms with Gasteiger partial charge < -0.3 is 5.32 Å². The van der Waals surface area contributed by atoms with Crippen LogP contribution in [0.15, 0.2) is 12.3 Å². The minimum atomic E-state index is -2.94. The van der Waals surface area contributed by atoms with Gasteiger partial charge in [-0.1, -0.05) is 6.92 Å². The summed E-state index contributed by atoms with van der Waals surface area (Å²) in [5, 5.41) is 7.31. The van der Waals surface area contributed by atoms with E-state index >= 15 is 0 Å². The Bertz CT molecular complexity index is 425. The minimum Gasteiger partial charge on any atom is -0.367 e. The number of hydrogen-bond acceptors (Lipinski definition) is 4. The predicted molar refractivity (Wildman–Crippen MR) is 65.3 cm³/mol. The molecule has 1 N–H and O–H groups in total. The molecule has 0 aliphatic rings. The highest BCUT2D eigenvalue weighted by molar-refractivity contribution is 7.90. The topological polar surface area (TPSA) is 64.0 Å². The molecule has 1 heterocycles. The SMILES string of the molecule is CCCn1nccc1NC(C)CS(C)(=O)=O. The molecule has 6 heteroatoms. The summed E-state index contributed by atoms with van der Waals surface area (Å²) in [4.78, 5) is 0. The second-order valence-electron chi connectivity index (χ2n) is 4.08. The highest BCUT2D eigenvalue weighted by atomic mass is 32.2. The summed E-state index contributed by atoms with van der Waals surface area (Å²) in [7, 11) is -2.94. The molecule has 1 aromatic heterocycles. The monoisotopic (exact) mass is 245 g/mol. The first-order valence-electron chi connectivity index (χ1n) is 5.38. The molecule has 0 aromatic carbocycles. The largest absolute Gasteiger partial charge is 0.367 e. The van der Waals surface area contributed by atoms with Crippen LogP contribution in [0.2, 0.25) is 0 Å². The van der Waals surface area contributed by atoms with E-state index in [1.807, 2.05) is 17.7 Å². The van der Waals surface area contributed by atoms with Gasteiger partial charge in [0.05, 0.1) is 11.9 Å². The average Bonchev–Trinajstić information content (AvgIpc) is 2.50. The Labute approximate surface area is 96.8 Å². The van der Waals surface area contributed by atoms with Crippen LogP contribution in [-0.2, 0) is 16.4 Å². The lowest BCUT2D eigenvalue weighted by molar-refractivity contribution is 0.592. The number of rotatable bonds is 6. The lowest BCUT2D eigenvalue weighted by atomic mass is 10.4. The first-order valence-corrected chi connectivity index (χ1v) is 7.44. The maximum Gasteiger partial charge on any atom is 0.149 e. The number of nitrogens with one attached hydrogen (secondary N) is 1. The molecule has 0 aliphatic heterocycles. The molecule has 0 saturated carbocycles. The van der Waals surface area contributed by atoms with E-state index in [-0.39, 0.29) is 11.8 Å². The van der Waals surface area contributed by atoms with E-state index in [1.54, 1.807) is 6.20 Å². The van der Waals surface area contributed by atoms with E-state index in [4.69, 9.17) is 0 Å². The van der Waals surface area contributed by atoms with Gasteiger partial charge in [0, 0.05) is 24.9 Å². The van der Waals surface area contributed by atoms with Crippen LogP contribution in [0.1, 0.15) is 20.3 Å². The molecule has 1 atom stereocenters. The van der Waals surface area contributed by atoms with Gasteiger partial charge in [0.2, 0.25) is 0 Å². The Morgan fingerprint density at radius 1 is 1.56 bits per heavy atom. The quantitative estimate of drug-likeness (QED) is 0.816. The van der Waals surface area contributed by atoms with Crippen LogP contribution in [0.5, 0.6) is 0 Å². The average molecular weight is 245 g/mol. The molecular weight excluding hydrogens is 226 g/mol. The molecule has 0 fully saturated rings. The molecular formula is C10H19N3O2S. The van der Waals surface area contributed by atoms with Crippen molar-refractivity contribution >= 4 is 15.7 Å². The summed E-state index contributed by atoms with van der Waals surface area (Å²) < 4.78 is 24.1. The number of anilines is 1. The number of aryl methyl sites for hydroxylation is 1. The third kappa shape index (κ3) is 4.22. The molecule has 0 amide bonds. The summed E-state index contributed by atoms with van der Waals surface area (Å²) in [5.74, 6) is 1.00. The third-order valence-corrected chi connectivity index (χ3v) is 3.20. The van der Waals surface area contributed by atoms with E-state index in [2.05, 4.69) is 17.3 Å². The van der Waals surface area contributed by atoms with E-state index in [9.17, 15) is 8.42 Å². The van der Waals surface area contributed by atoms with Gasteiger partial charge in [0.15, 0.2) is 0 Å². The lowest BCUT2D eigenvalue weighted by Crippen LogP contribution is -2.26. The molecule has 0 saturated heterocycles. The van der Waals surface area contributed by atoms with Crippen molar-refractivity contribution in [3.8, 4) is 0 Å². The Balaban J connectivity index is 2.62. The van der Waals surface area contributed by atoms with Crippen LogP contribution in [0.3, 0.4) is 0 Å². The van der Waals surface area contributed by atoms with Gasteiger partial charge in [-0.25, -0.2) is 13.1 Å². The highest BCUT2D eigenvalue weighted by Gasteiger charge is 2.11. The summed E-state index contributed by atoms with van der Waals surface area (Å²) in [6, 6.07) is 1.75. The maximum atomic E-state index is 11.1. The second kappa shape index (κ2) is 5.34. The van der Waals surface area contributed by atoms with Gasteiger partial charge in [-0.3, -0.25) is 0 Å². The highest BCUT2D eigenvalue weighted by Crippen LogP contribution is 2.09. The van der Waals surface area contributed by atoms with Gasteiger partial charge in [-0.05, 0) is 13.3 Å². The molecule has 0 bridgehead atoms. The smallest absolute Gasteiger partial charge is 0.149 e. The van der Waals surface area contributed by atoms with E-state index < -0.39 is 9.84 Å². The van der Waals surface area contributed by atoms with Crippen molar-refractivity contribution in [3.05, 3.63) is 12.3 Å². The van der Waals surface area contributed by atoms with E-state index in [0.717, 1.165) is 18.8 Å². The predicted octanol–water partition coefficient (Wildman–Crippen LogP) is 1.14. The third-order valence-electron chi connectivity index (χ3n) is 2.10. The second-order valence-corrected chi connectivity index (χ2v) is 6.26. The van der Waals surface area contributed by atoms with Gasteiger partial charge in [-0.2, -0.15) is 5.10 Å². The molecule has 0 spiro atoms. The lowest BCUT2D eigenvalue weighted by Gasteiger charge is -2.15. The molecule has 0 aliphatic carbocycles. The first kappa shape index (κ1) is 13.0. The molecule has 0 radical (unpaired) electrons. The maximum absolute atomic E-state index is 11.1. The van der Waals surface area contributed by atoms with Crippen LogP contribution in [-0.4, -0.2) is 36.2 Å². The van der Waals surface area contributed by atoms with Crippen molar-refractivity contribution in [1.29, 1.82) is 0 Å². The van der Waals surface area contributed by atoms with Crippen molar-refractivity contribution < 1.29 is 8.42 Å². The fourth-order valence-electron chi connectivity index (χ4n) is 1.59. The Hall–Kier alpha value is -1.04. The molecule has 5 nitrogen and oxygen atoms in total. The van der Waals surface area contributed by atoms with Crippen LogP contribution < -0.4 is 5.32 Å². The van der Waals surface area contributed by atoms with Gasteiger partial charge in [0.25, 0.3) is 0 Å². The van der Waals surface area contributed by atoms with Crippen LogP contribution in [0.4, 0.5) is 5.82 Å². The summed E-state index contributed by atoms with van der Waals surface area (Å²) in [6.45, 7) is 4.76. The molecule has 1 unspecified atom stereocenters. The number of nitrogens with zero attached hydrogens (tertiary/aromatic N) is 2. The fourth-order valence-corrected chi connectivity index (χ4v) is 2.59. The van der Waals surface area contributed by atoms with Crippen molar-refractivity contribution in [3.63, 3.8) is 0 Å². The fraction of sp³-hybridized carbons (Fsp3) is 0.700. The Morgan fingerprint density at radius 2 is 2.25 bits per heavy atom. The van der Waals surface area contributed by atoms with E-state index in [1.165, 1.54) is 6.26 Å². The molecule has 16 heavy (non-hydrogen) atoms. The standard InChI is InChI=1S/C10H19N3O2S/c1-4-7-13-10(5-6-11-13)12-9(2)8-16(3,14)15/h5-6,9,12H,4,7-8H2,1-3H3. The van der Waals surface area contributed by atoms with Gasteiger partial charge >= 0.3 is 0 Å². The Morgan fingerprint density at radius 3 is 2.81 bits per heavy atom. The van der Waals surface area contributed by atoms with Crippen molar-refractivity contribution in [2.24, 2.45) is 0 Å². The van der Waals surface area contributed by atoms with Crippen LogP contribution >= 0.6 is 0 Å². The van der Waals surface area contributed by atoms with Crippen LogP contribution in [0.25, 0.3) is 0 Å². The number of aromatic nitrogens is 2. The van der Waals surface area contributed by atoms with E-state index in [0.29, 0.717) is 0 Å². The zero-order valence-corrected chi connectivity index (χ0v) is 10.8. The summed E-state index contributed by atoms with van der Waals surface area (Å²) in [5.41, 5.74) is 0. The summed E-state index contributed by atoms with van der Waals surface area (Å²) >= 11 is 0. The van der Waals surface area contributed by atoms with Crippen molar-refractivity contribution in [1.82, 2.24) is 9.78 Å². The molecule has 1 aromatic rings. The minimum absolute atomic E-state index is 0.109.